The number of amides is 1. The van der Waals surface area contributed by atoms with Gasteiger partial charge in [0, 0.05) is 109 Å². The number of rotatable bonds is 44. The van der Waals surface area contributed by atoms with Gasteiger partial charge in [-0.2, -0.15) is 15.0 Å². The summed E-state index contributed by atoms with van der Waals surface area (Å²) in [6, 6.07) is 2.89. The zero-order valence-corrected chi connectivity index (χ0v) is 88.9. The van der Waals surface area contributed by atoms with Crippen LogP contribution < -0.4 is 56.2 Å². The van der Waals surface area contributed by atoms with Gasteiger partial charge in [-0.3, -0.25) is 74.7 Å². The molecule has 808 valence electrons. The predicted octanol–water partition coefficient (Wildman–Crippen LogP) is -0.289. The molecule has 7 fully saturated rings. The Morgan fingerprint density at radius 3 is 1.31 bits per heavy atom. The average molecular weight is 2170 g/mol. The van der Waals surface area contributed by atoms with Gasteiger partial charge in [-0.05, 0) is 117 Å². The van der Waals surface area contributed by atoms with Crippen LogP contribution in [0, 0.1) is 6.92 Å². The lowest BCUT2D eigenvalue weighted by Crippen LogP contribution is -2.52. The molecule has 12 N–H and O–H groups in total. The molecule has 7 aliphatic heterocycles. The first-order chi connectivity index (χ1) is 68.8. The van der Waals surface area contributed by atoms with Crippen LogP contribution in [0.3, 0.4) is 0 Å². The summed E-state index contributed by atoms with van der Waals surface area (Å²) in [6.07, 6.45) is -5.39. The minimum absolute atomic E-state index is 0.0268. The molecule has 66 heteroatoms. The van der Waals surface area contributed by atoms with Crippen LogP contribution in [0.4, 0.5) is 28.2 Å². The molecule has 0 radical (unpaired) electrons. The maximum atomic E-state index is 16.7. The molecule has 7 aliphatic rings. The molecule has 18 unspecified atom stereocenters. The largest absolute Gasteiger partial charge is 0.447 e. The number of morpholine rings is 6. The van der Waals surface area contributed by atoms with Crippen LogP contribution in [-0.4, -0.2) is 450 Å². The number of carbonyl (C=O) groups is 1. The van der Waals surface area contributed by atoms with Crippen molar-refractivity contribution < 1.29 is 107 Å². The number of ether oxygens (including phenoxy) is 9. The highest BCUT2D eigenvalue weighted by atomic mass is 31.2. The minimum atomic E-state index is -4.57. The van der Waals surface area contributed by atoms with E-state index in [4.69, 9.17) is 97.8 Å². The second kappa shape index (κ2) is 48.1. The number of piperazine rings is 1. The number of H-pyrrole nitrogens is 2. The van der Waals surface area contributed by atoms with Crippen molar-refractivity contribution in [1.82, 2.24) is 134 Å². The summed E-state index contributed by atoms with van der Waals surface area (Å²) in [7, 11) is -8.94. The Balaban J connectivity index is 0.702. The van der Waals surface area contributed by atoms with Crippen molar-refractivity contribution in [3.05, 3.63) is 107 Å². The molecule has 0 aliphatic carbocycles. The Labute approximate surface area is 834 Å². The topological polar surface area (TPSA) is 668 Å². The lowest BCUT2D eigenvalue weighted by Gasteiger charge is -2.46. The van der Waals surface area contributed by atoms with E-state index in [1.54, 1.807) is 53.7 Å². The number of anilines is 4. The monoisotopic (exact) mass is 2160 g/mol. The van der Waals surface area contributed by atoms with Crippen LogP contribution in [0.1, 0.15) is 57.5 Å². The number of nitrogens with zero attached hydrogens (tertiary/aromatic N) is 25. The number of hydrogen-bond donors (Lipinski definition) is 8. The van der Waals surface area contributed by atoms with Gasteiger partial charge in [0.25, 0.3) is 11.1 Å². The van der Waals surface area contributed by atoms with Gasteiger partial charge in [0.05, 0.1) is 154 Å². The number of nitrogen functional groups attached to an aromatic ring is 4. The number of imidazole rings is 2. The van der Waals surface area contributed by atoms with Gasteiger partial charge in [-0.15, -0.1) is 0 Å². The van der Waals surface area contributed by atoms with E-state index in [-0.39, 0.29) is 195 Å². The zero-order chi connectivity index (χ0) is 105. The number of aromatic nitrogens is 14. The molecule has 7 saturated heterocycles. The number of carbonyl (C=O) groups excluding carboxylic acids is 1. The van der Waals surface area contributed by atoms with Crippen LogP contribution in [0.2, 0.25) is 0 Å². The third kappa shape index (κ3) is 25.9. The molecule has 1 amide bonds. The maximum absolute atomic E-state index is 16.7. The van der Waals surface area contributed by atoms with Crippen molar-refractivity contribution in [2.24, 2.45) is 0 Å². The Morgan fingerprint density at radius 1 is 0.469 bits per heavy atom. The number of hydrogen-bond acceptors (Lipinski definition) is 40. The van der Waals surface area contributed by atoms with Gasteiger partial charge < -0.3 is 103 Å². The molecule has 7 aromatic heterocycles. The van der Waals surface area contributed by atoms with Crippen LogP contribution >= 0.6 is 46.0 Å². The van der Waals surface area contributed by atoms with Crippen molar-refractivity contribution in [2.45, 2.75) is 108 Å². The Kier molecular flexibility index (Phi) is 37.4. The minimum Gasteiger partial charge on any atom is -0.447 e. The molecule has 0 bridgehead atoms. The molecule has 60 nitrogen and oxygen atoms in total. The van der Waals surface area contributed by atoms with Crippen molar-refractivity contribution >= 4 is 97.8 Å². The second-order valence-corrected chi connectivity index (χ2v) is 52.0. The first-order valence-electron chi connectivity index (χ1n) is 46.9. The highest BCUT2D eigenvalue weighted by molar-refractivity contribution is 7.55. The summed E-state index contributed by atoms with van der Waals surface area (Å²) >= 11 is 0. The van der Waals surface area contributed by atoms with E-state index >= 15 is 22.8 Å². The zero-order valence-electron chi connectivity index (χ0n) is 83.6. The fourth-order valence-corrected chi connectivity index (χ4v) is 29.3. The highest BCUT2D eigenvalue weighted by Crippen LogP contribution is 2.61. The van der Waals surface area contributed by atoms with Crippen molar-refractivity contribution in [3.63, 3.8) is 0 Å². The molecule has 18 atom stereocenters. The number of nitrogens with one attached hydrogen (secondary N) is 3. The van der Waals surface area contributed by atoms with E-state index in [1.807, 2.05) is 13.8 Å². The molecule has 0 saturated carbocycles. The summed E-state index contributed by atoms with van der Waals surface area (Å²) in [4.78, 5) is 119. The summed E-state index contributed by atoms with van der Waals surface area (Å²) in [5.41, 5.74) is 20.9. The smallest absolute Gasteiger partial charge is 0.409 e. The number of fused-ring (bicyclic) bond motifs is 2. The van der Waals surface area contributed by atoms with E-state index in [2.05, 4.69) is 54.8 Å². The van der Waals surface area contributed by atoms with E-state index in [9.17, 15) is 33.3 Å². The first-order valence-corrected chi connectivity index (χ1v) is 56.1. The van der Waals surface area contributed by atoms with Gasteiger partial charge >= 0.3 is 69.2 Å². The third-order valence-electron chi connectivity index (χ3n) is 25.1. The Morgan fingerprint density at radius 2 is 0.869 bits per heavy atom. The molecule has 14 heterocycles. The van der Waals surface area contributed by atoms with Crippen LogP contribution in [0.5, 0.6) is 0 Å². The summed E-state index contributed by atoms with van der Waals surface area (Å²) in [5, 5.41) is 11.7. The quantitative estimate of drug-likeness (QED) is 0.0180. The molecular weight excluding hydrogens is 2030 g/mol. The number of aliphatic hydroxyl groups is 1. The second-order valence-electron chi connectivity index (χ2n) is 36.7. The molecule has 14 rings (SSSR count). The van der Waals surface area contributed by atoms with Gasteiger partial charge in [0.2, 0.25) is 5.95 Å². The standard InChI is InChI=1S/C79H134N32O28P6/c1-52(2)100-32-55(135-63(38-100)107-18-16-61(80)89-76(107)115)44-129-141(120,94(6)7)102-31-54(4)134-56(33-102)45-130-144(123,97(12)13)105-36-59(138-66(41-105)110-50-87-68-70(82)85-49-86-71(68)110)47-133-145(124,98(14)15)106-37-60(139-67(42-106)111-51-88-69-72(111)91-75(83)92-74(69)114)48-132-143(122,96(10)11)104-35-58(137-65(40-104)109-30-53(3)73(113)93-78(109)117)46-131-142(121,95(8)9)103-34-57(136-64(39-103)108-19-17-62(81)90-77(108)116)43-128-140(119,84-5)101-22-20-99(21-23-101)79(118)127-29-28-126-27-26-125-25-24-112/h16-19,30,49-52,54-60,63-67,112H,20-29,31-48H2,1-15H3,(H,84,119)(H2,80,89,115)(H2,81,90,116)(H2,82,85,86)(H,93,113,117)(H3,83,91,92,114). The van der Waals surface area contributed by atoms with E-state index < -0.39 is 187 Å². The number of aliphatic hydroxyl groups excluding tert-OH is 1. The maximum Gasteiger partial charge on any atom is 0.409 e. The SMILES string of the molecule is CNP(=O)(OCC1CN(P(=O)(OCC2CN(P(=O)(OCC3CN(P(=O)(OCC4CN(P(=O)(OCC5CN(P(=O)(OCC6CN(C(C)C)CC(n7ccc(N)nc7=O)O6)N(C)C)CC(C)O5)N(C)C)CC(n5cnc6c(N)ncnc65)O4)N(C)C)CC(n4cnc5c(=O)[nH]c(N)nc54)O3)N(C)C)CC(n3cc(C)c(=O)[nH]c3=O)O2)N(C)C)CC(n2ccc(N)nc2=O)O1)N1CCN(C(=O)OCCOCCOCCO)CC1. The van der Waals surface area contributed by atoms with Crippen LogP contribution in [0.25, 0.3) is 22.3 Å². The summed E-state index contributed by atoms with van der Waals surface area (Å²) in [6.45, 7) is 4.07. The molecular formula is C79H134N32O28P6. The fraction of sp³-hybridized carbons (Fsp3) is 0.709. The van der Waals surface area contributed by atoms with Crippen molar-refractivity contribution in [3.8, 4) is 0 Å². The van der Waals surface area contributed by atoms with Gasteiger partial charge in [0.1, 0.15) is 42.5 Å². The van der Waals surface area contributed by atoms with Gasteiger partial charge in [-0.1, -0.05) is 0 Å². The van der Waals surface area contributed by atoms with Crippen molar-refractivity contribution in [2.75, 3.05) is 284 Å². The van der Waals surface area contributed by atoms with Gasteiger partial charge in [0.15, 0.2) is 41.3 Å². The predicted molar refractivity (Wildman–Crippen MR) is 525 cm³/mol. The number of aromatic amines is 2. The van der Waals surface area contributed by atoms with Gasteiger partial charge in [-0.25, -0.2) is 95.6 Å². The highest BCUT2D eigenvalue weighted by Gasteiger charge is 2.53. The third-order valence-corrected chi connectivity index (χ3v) is 40.0. The molecule has 0 spiro atoms. The van der Waals surface area contributed by atoms with E-state index in [0.29, 0.717) is 13.1 Å². The van der Waals surface area contributed by atoms with Crippen molar-refractivity contribution in [1.29, 1.82) is 0 Å². The van der Waals surface area contributed by atoms with E-state index in [0.717, 1.165) is 9.13 Å². The Bertz CT molecular complexity index is 6250. The Hall–Kier alpha value is -7.93. The normalized spacial score (nSPS) is 26.3. The summed E-state index contributed by atoms with van der Waals surface area (Å²) in [5.74, 6) is -0.283. The lowest BCUT2D eigenvalue weighted by molar-refractivity contribution is -0.141. The van der Waals surface area contributed by atoms with Crippen LogP contribution in [0.15, 0.2) is 73.7 Å². The molecule has 7 aromatic rings. The lowest BCUT2D eigenvalue weighted by atomic mass is 10.2. The molecule has 0 aromatic carbocycles. The number of nitrogens with two attached hydrogens (primary N) is 4. The number of aryl methyl sites for hydroxylation is 1. The first kappa shape index (κ1) is 113. The van der Waals surface area contributed by atoms with Crippen LogP contribution in [-0.2, 0) is 97.2 Å². The van der Waals surface area contributed by atoms with E-state index in [1.165, 1.54) is 157 Å². The fourth-order valence-electron chi connectivity index (χ4n) is 17.6. The average Bonchev–Trinajstić information content (AvgIpc) is 1.64. The summed E-state index contributed by atoms with van der Waals surface area (Å²) < 4.78 is 214. The molecule has 145 heavy (non-hydrogen) atoms.